The van der Waals surface area contributed by atoms with Gasteiger partial charge in [0.2, 0.25) is 0 Å². The number of nitrogens with one attached hydrogen (secondary N) is 1. The van der Waals surface area contributed by atoms with Crippen molar-refractivity contribution in [2.45, 2.75) is 183 Å². The topological polar surface area (TPSA) is 381 Å². The van der Waals surface area contributed by atoms with Gasteiger partial charge in [0.15, 0.2) is 0 Å². The van der Waals surface area contributed by atoms with Crippen LogP contribution >= 0.6 is 0 Å². The Morgan fingerprint density at radius 2 is 0.734 bits per heavy atom. The van der Waals surface area contributed by atoms with E-state index in [2.05, 4.69) is 26.1 Å². The molecule has 0 aromatic heterocycles. The smallest absolute Gasteiger partial charge is 0.512 e. The Balaban J connectivity index is 0.00000217. The van der Waals surface area contributed by atoms with Gasteiger partial charge in [-0.05, 0) is 103 Å². The predicted octanol–water partition coefficient (Wildman–Crippen LogP) is 12.3. The van der Waals surface area contributed by atoms with Crippen molar-refractivity contribution in [3.8, 4) is 0 Å². The van der Waals surface area contributed by atoms with Gasteiger partial charge in [0.05, 0.1) is 77.1 Å². The largest absolute Gasteiger partial charge is 2.00 e. The number of halogens is 1. The van der Waals surface area contributed by atoms with Crippen molar-refractivity contribution < 1.29 is 118 Å². The van der Waals surface area contributed by atoms with Crippen molar-refractivity contribution in [3.05, 3.63) is 292 Å². The van der Waals surface area contributed by atoms with Gasteiger partial charge >= 0.3 is 58.6 Å². The first-order chi connectivity index (χ1) is 60.4. The summed E-state index contributed by atoms with van der Waals surface area (Å²) in [7, 11) is -4.94. The Bertz CT molecular complexity index is 5040. The van der Waals surface area contributed by atoms with Crippen molar-refractivity contribution in [2.75, 3.05) is 46.2 Å². The van der Waals surface area contributed by atoms with Gasteiger partial charge in [0.1, 0.15) is 0 Å². The maximum atomic E-state index is 15.7. The zero-order valence-corrected chi connectivity index (χ0v) is 76.0. The number of hydrogen-bond acceptors (Lipinski definition) is 23. The summed E-state index contributed by atoms with van der Waals surface area (Å²) in [6, 6.07) is 67.7. The summed E-state index contributed by atoms with van der Waals surface area (Å²) in [5.74, 6) is -6.07. The van der Waals surface area contributed by atoms with Crippen LogP contribution in [0.4, 0.5) is 0 Å². The molecule has 1 fully saturated rings. The summed E-state index contributed by atoms with van der Waals surface area (Å²) in [5, 5.41) is 10.2. The maximum Gasteiger partial charge on any atom is 2.00 e. The number of fused-ring (bicyclic) bond motifs is 6. The number of allylic oxidation sites excluding steroid dienone is 6. The second-order valence-corrected chi connectivity index (χ2v) is 35.0. The van der Waals surface area contributed by atoms with Crippen LogP contribution in [-0.2, 0) is 128 Å². The van der Waals surface area contributed by atoms with E-state index in [0.29, 0.717) is 90.3 Å². The maximum absolute atomic E-state index is 15.7. The van der Waals surface area contributed by atoms with Crippen LogP contribution < -0.4 is 24.0 Å². The van der Waals surface area contributed by atoms with Crippen LogP contribution in [0.15, 0.2) is 262 Å². The molecule has 7 aromatic carbocycles. The molecule has 12 rings (SSSR count). The zero-order chi connectivity index (χ0) is 90.5. The van der Waals surface area contributed by atoms with E-state index in [1.807, 2.05) is 253 Å². The molecule has 5 heterocycles. The second-order valence-electron chi connectivity index (χ2n) is 34.3. The molecule has 128 heavy (non-hydrogen) atoms. The molecule has 8 bridgehead atoms. The SMILES string of the molecule is CC1=C2NC(=CC3=N/C(=C(/C)C4=NC([C@H](CC(=O)OCCc5ccccc5)[C@@]4(C)CCC(=O)OCCc4ccccc4)[C@]4(C)N=C1[C@@H](CCC(=O)OCCc1ccccc1)[C@]4(C)CC(=O)OCCc1ccccc1)[C@@H](CCC(=O)OCCc1ccccc1)C3(C)C)[C@@H](CCC(=O)OCCc1ccccc1)[C@]2(C)CC(=O)OCCc1ccccc1.O.[C-]#N.[Co+2].[O-][Cl+3]([O-])([O-])[O-]. The molecule has 1 radical (unpaired) electrons. The number of benzene rings is 7. The fourth-order valence-corrected chi connectivity index (χ4v) is 18.6. The van der Waals surface area contributed by atoms with Crippen molar-refractivity contribution in [3.63, 3.8) is 0 Å². The van der Waals surface area contributed by atoms with Crippen LogP contribution in [-0.4, -0.2) is 122 Å². The van der Waals surface area contributed by atoms with Crippen molar-refractivity contribution in [1.82, 2.24) is 5.32 Å². The molecule has 681 valence electrons. The molecule has 9 atom stereocenters. The van der Waals surface area contributed by atoms with Crippen LogP contribution in [0.25, 0.3) is 0 Å². The molecule has 0 spiro atoms. The Hall–Kier alpha value is -11.1. The molecular weight excluding hydrogens is 1690 g/mol. The van der Waals surface area contributed by atoms with E-state index in [0.717, 1.165) is 38.9 Å². The predicted molar refractivity (Wildman–Crippen MR) is 470 cm³/mol. The number of aliphatic imine (C=N–C) groups is 3. The van der Waals surface area contributed by atoms with Gasteiger partial charge in [-0.2, -0.15) is 0 Å². The first kappa shape index (κ1) is 102. The summed E-state index contributed by atoms with van der Waals surface area (Å²) in [5.41, 5.74) is 5.59. The Labute approximate surface area is 764 Å². The zero-order valence-electron chi connectivity index (χ0n) is 74.2. The normalized spacial score (nSPS) is 22.1. The number of nitrogens with zero attached hydrogens (tertiary/aromatic N) is 4. The summed E-state index contributed by atoms with van der Waals surface area (Å²) < 4.78 is 77.5. The molecule has 0 aliphatic carbocycles. The van der Waals surface area contributed by atoms with Crippen LogP contribution in [0.3, 0.4) is 0 Å². The van der Waals surface area contributed by atoms with Crippen molar-refractivity contribution in [2.24, 2.45) is 60.3 Å². The van der Waals surface area contributed by atoms with E-state index in [1.165, 1.54) is 0 Å². The van der Waals surface area contributed by atoms with E-state index in [1.54, 1.807) is 0 Å². The number of carbonyl (C=O) groups is 7. The molecule has 24 nitrogen and oxygen atoms in total. The van der Waals surface area contributed by atoms with Gasteiger partial charge in [-0.3, -0.25) is 48.5 Å². The average molecular weight is 1810 g/mol. The molecule has 26 heteroatoms. The van der Waals surface area contributed by atoms with Gasteiger partial charge in [-0.25, -0.2) is 18.6 Å². The minimum atomic E-state index is -4.94. The molecule has 1 saturated heterocycles. The van der Waals surface area contributed by atoms with Crippen LogP contribution in [0.2, 0.25) is 0 Å². The molecule has 0 amide bonds. The molecule has 5 aliphatic rings. The van der Waals surface area contributed by atoms with E-state index in [4.69, 9.17) is 78.6 Å². The molecule has 1 unspecified atom stereocenters. The molecule has 7 aromatic rings. The van der Waals surface area contributed by atoms with Crippen LogP contribution in [0.5, 0.6) is 0 Å². The fraction of sp³-hybridized carbons (Fsp3) is 0.422. The van der Waals surface area contributed by atoms with Gasteiger partial charge in [0.25, 0.3) is 0 Å². The summed E-state index contributed by atoms with van der Waals surface area (Å²) in [4.78, 5) is 123. The van der Waals surface area contributed by atoms with Gasteiger partial charge in [-0.1, -0.05) is 247 Å². The number of esters is 7. The van der Waals surface area contributed by atoms with Gasteiger partial charge in [0, 0.05) is 150 Å². The average Bonchev–Trinajstić information content (AvgIpc) is 1.52. The molecular formula is C102H118ClCoN5O19. The third kappa shape index (κ3) is 27.7. The number of carbonyl (C=O) groups excluding carboxylic acids is 7. The van der Waals surface area contributed by atoms with E-state index in [9.17, 15) is 19.2 Å². The van der Waals surface area contributed by atoms with Crippen molar-refractivity contribution in [1.29, 1.82) is 5.26 Å². The first-order valence-corrected chi connectivity index (χ1v) is 44.6. The third-order valence-electron chi connectivity index (χ3n) is 25.7. The quantitative estimate of drug-likeness (QED) is 0.0212. The Morgan fingerprint density at radius 3 is 1.09 bits per heavy atom. The molecule has 0 saturated carbocycles. The summed E-state index contributed by atoms with van der Waals surface area (Å²) in [6.07, 6.45) is 5.12. The standard InChI is InChI=1S/C101H116N4O14.CN.ClHO4.Co.H2O/c1-70-92-80(45-48-86(107)114-60-52-73-32-18-10-19-33-73)97(3,4)84(103-92)67-83-79(44-47-85(106)113-59-51-72-30-16-9-17-31-72)99(6,68-90(111)118-64-56-77-40-26-14-27-41-77)95(102-83)71(2)93-81(46-49-87(108)115-61-53-74-34-20-11-21-35-74)100(7,69-91(112)119-65-57-78-42-28-15-29-43-78)101(8,105-93)96-82(66-89(110)117-63-55-76-38-24-13-25-39-76)98(5,94(70)104-96)58-50-88(109)116-62-54-75-36-22-12-23-37-75;1-2;2-1(3,4)5;;/h9-43,67,79-82,96,102H,44-66,68-69H2,1-8H3;;(H,2,3,4,5);;1H2/q;-1;;+2;/p-1/b83-67?,92-70-,95-71?;;;;/t79-,80-,81-,82+,96?,98-,99+,100+,101+;;;;/m1..../s1. The molecule has 3 N–H and O–H groups in total. The monoisotopic (exact) mass is 1810 g/mol. The van der Waals surface area contributed by atoms with Crippen LogP contribution in [0, 0.1) is 67.4 Å². The minimum Gasteiger partial charge on any atom is -0.512 e. The minimum absolute atomic E-state index is 0. The van der Waals surface area contributed by atoms with Gasteiger partial charge in [-0.15, -0.1) is 10.2 Å². The van der Waals surface area contributed by atoms with E-state index in [-0.39, 0.29) is 145 Å². The Kier molecular flexibility index (Phi) is 38.7. The third-order valence-corrected chi connectivity index (χ3v) is 25.7. The van der Waals surface area contributed by atoms with E-state index < -0.39 is 103 Å². The second kappa shape index (κ2) is 48.4. The number of rotatable bonds is 39. The van der Waals surface area contributed by atoms with E-state index >= 15 is 14.4 Å². The summed E-state index contributed by atoms with van der Waals surface area (Å²) in [6.45, 7) is 21.8. The number of ether oxygens (including phenoxy) is 7. The van der Waals surface area contributed by atoms with Crippen molar-refractivity contribution >= 4 is 58.9 Å². The summed E-state index contributed by atoms with van der Waals surface area (Å²) >= 11 is 0. The fourth-order valence-electron chi connectivity index (χ4n) is 18.6. The number of hydrogen-bond donors (Lipinski definition) is 1. The Morgan fingerprint density at radius 1 is 0.422 bits per heavy atom. The molecule has 5 aliphatic heterocycles. The first-order valence-electron chi connectivity index (χ1n) is 43.3. The van der Waals surface area contributed by atoms with Gasteiger partial charge < -0.3 is 55.8 Å². The van der Waals surface area contributed by atoms with Crippen LogP contribution in [0.1, 0.15) is 165 Å².